The molecule has 0 amide bonds. The minimum Gasteiger partial charge on any atom is -0.465 e. The summed E-state index contributed by atoms with van der Waals surface area (Å²) < 4.78 is 14.6. The highest BCUT2D eigenvalue weighted by Crippen LogP contribution is 1.91. The Hall–Kier alpha value is -0.940. The minimum atomic E-state index is -0.339. The number of carbonyl (C=O) groups excluding carboxylic acids is 2. The Kier molecular flexibility index (Phi) is 48.5. The van der Waals surface area contributed by atoms with E-state index in [0.29, 0.717) is 19.8 Å². The molecular weight excluding hydrogens is 260 g/mol. The maximum absolute atomic E-state index is 11.0. The van der Waals surface area contributed by atoms with E-state index in [9.17, 15) is 9.59 Å². The van der Waals surface area contributed by atoms with Crippen molar-refractivity contribution in [1.29, 1.82) is 0 Å². The highest BCUT2D eigenvalue weighted by Gasteiger charge is 2.03. The van der Waals surface area contributed by atoms with Crippen LogP contribution < -0.4 is 0 Å². The lowest BCUT2D eigenvalue weighted by atomic mass is 10.3. The van der Waals surface area contributed by atoms with Crippen LogP contribution in [-0.2, 0) is 23.8 Å². The molecule has 0 bridgehead atoms. The van der Waals surface area contributed by atoms with Crippen molar-refractivity contribution in [3.63, 3.8) is 0 Å². The molecule has 0 N–H and O–H groups in total. The normalized spacial score (nSPS) is 7.50. The largest absolute Gasteiger partial charge is 0.465 e. The van der Waals surface area contributed by atoms with Crippen LogP contribution in [0, 0.1) is 0 Å². The molecule has 0 saturated carbocycles. The maximum Gasteiger partial charge on any atom is 0.308 e. The first-order valence-electron chi connectivity index (χ1n) is 4.88. The molecule has 0 atom stereocenters. The summed E-state index contributed by atoms with van der Waals surface area (Å²) >= 11 is 0. The van der Waals surface area contributed by atoms with E-state index in [1.54, 1.807) is 7.11 Å². The van der Waals surface area contributed by atoms with Crippen LogP contribution in [0.3, 0.4) is 0 Å². The van der Waals surface area contributed by atoms with E-state index >= 15 is 0 Å². The first-order valence-corrected chi connectivity index (χ1v) is 4.88. The van der Waals surface area contributed by atoms with Gasteiger partial charge < -0.3 is 14.2 Å². The van der Waals surface area contributed by atoms with Crippen LogP contribution in [0.2, 0.25) is 0 Å². The van der Waals surface area contributed by atoms with Crippen LogP contribution in [0.4, 0.5) is 0 Å². The number of rotatable bonds is 9. The third-order valence-electron chi connectivity index (χ3n) is 1.60. The summed E-state index contributed by atoms with van der Waals surface area (Å²) in [6.45, 7) is 2.92. The molecule has 0 radical (unpaired) electrons. The summed E-state index contributed by atoms with van der Waals surface area (Å²) in [5.74, 6) is -0.326. The zero-order valence-electron chi connectivity index (χ0n) is 9.28. The van der Waals surface area contributed by atoms with Crippen molar-refractivity contribution in [3.8, 4) is 0 Å². The van der Waals surface area contributed by atoms with Gasteiger partial charge in [-0.25, -0.2) is 0 Å². The van der Waals surface area contributed by atoms with Crippen LogP contribution in [0.25, 0.3) is 0 Å². The lowest BCUT2D eigenvalue weighted by Gasteiger charge is -2.04. The Morgan fingerprint density at radius 2 is 1.35 bits per heavy atom. The molecule has 0 unspecified atom stereocenters. The Balaban J connectivity index is -0.0000000980. The van der Waals surface area contributed by atoms with Gasteiger partial charge in [0, 0.05) is 13.5 Å². The van der Waals surface area contributed by atoms with Gasteiger partial charge in [-0.2, -0.15) is 0 Å². The van der Waals surface area contributed by atoms with Crippen LogP contribution >= 0.6 is 0 Å². The zero-order valence-corrected chi connectivity index (χ0v) is 9.28. The molecule has 0 saturated heterocycles. The van der Waals surface area contributed by atoms with Gasteiger partial charge in [0.05, 0.1) is 32.8 Å². The fourth-order valence-corrected chi connectivity index (χ4v) is 0.781. The van der Waals surface area contributed by atoms with Crippen molar-refractivity contribution in [2.24, 2.45) is 0 Å². The molecule has 0 spiro atoms. The van der Waals surface area contributed by atoms with E-state index in [0.717, 1.165) is 0 Å². The van der Waals surface area contributed by atoms with Gasteiger partial charge in [0.25, 0.3) is 0 Å². The number of ether oxygens (including phenoxy) is 3. The first kappa shape index (κ1) is 36.4. The molecular formula is C15H38O5. The molecule has 0 heterocycles. The molecule has 0 aromatic rings. The number of hydrogen-bond donors (Lipinski definition) is 0. The summed E-state index contributed by atoms with van der Waals surface area (Å²) in [6, 6.07) is 0. The lowest BCUT2D eigenvalue weighted by Crippen LogP contribution is -2.12. The molecule has 5 nitrogen and oxygen atoms in total. The minimum absolute atomic E-state index is 0. The van der Waals surface area contributed by atoms with Crippen LogP contribution in [0.5, 0.6) is 0 Å². The monoisotopic (exact) mass is 298 g/mol. The van der Waals surface area contributed by atoms with Gasteiger partial charge >= 0.3 is 5.97 Å². The van der Waals surface area contributed by atoms with Crippen molar-refractivity contribution in [2.75, 3.05) is 33.5 Å². The molecule has 0 aromatic carbocycles. The Morgan fingerprint density at radius 3 is 1.80 bits per heavy atom. The Morgan fingerprint density at radius 1 is 0.800 bits per heavy atom. The number of carbonyl (C=O) groups is 2. The van der Waals surface area contributed by atoms with Crippen molar-refractivity contribution in [1.82, 2.24) is 0 Å². The average molecular weight is 298 g/mol. The fourth-order valence-electron chi connectivity index (χ4n) is 0.781. The van der Waals surface area contributed by atoms with Gasteiger partial charge in [0.2, 0.25) is 0 Å². The second-order valence-electron chi connectivity index (χ2n) is 3.03. The Labute approximate surface area is 127 Å². The quantitative estimate of drug-likeness (QED) is 0.479. The third-order valence-corrected chi connectivity index (χ3v) is 1.60. The van der Waals surface area contributed by atoms with E-state index in [4.69, 9.17) is 14.2 Å². The average Bonchev–Trinajstić information content (AvgIpc) is 2.17. The molecule has 5 heteroatoms. The van der Waals surface area contributed by atoms with Crippen molar-refractivity contribution < 1.29 is 23.8 Å². The predicted octanol–water partition coefficient (Wildman–Crippen LogP) is 3.74. The highest BCUT2D eigenvalue weighted by molar-refractivity contribution is 5.76. The lowest BCUT2D eigenvalue weighted by molar-refractivity contribution is -0.145. The van der Waals surface area contributed by atoms with E-state index in [2.05, 4.69) is 0 Å². The van der Waals surface area contributed by atoms with Gasteiger partial charge in [-0.3, -0.25) is 9.59 Å². The number of hydrogen-bond acceptors (Lipinski definition) is 5. The van der Waals surface area contributed by atoms with Gasteiger partial charge in [-0.15, -0.1) is 0 Å². The SMILES string of the molecule is C.C.C.C.C.COCCOCCC(=O)OCCC(C)=O. The summed E-state index contributed by atoms with van der Waals surface area (Å²) in [5, 5.41) is 0. The smallest absolute Gasteiger partial charge is 0.308 e. The molecule has 0 rings (SSSR count). The van der Waals surface area contributed by atoms with E-state index in [1.165, 1.54) is 6.92 Å². The molecule has 128 valence electrons. The second kappa shape index (κ2) is 26.6. The summed E-state index contributed by atoms with van der Waals surface area (Å²) in [6.07, 6.45) is 0.484. The fraction of sp³-hybridized carbons (Fsp3) is 0.867. The topological polar surface area (TPSA) is 61.8 Å². The molecule has 0 aliphatic rings. The van der Waals surface area contributed by atoms with Crippen LogP contribution in [0.1, 0.15) is 56.9 Å². The van der Waals surface area contributed by atoms with Crippen molar-refractivity contribution >= 4 is 11.8 Å². The highest BCUT2D eigenvalue weighted by atomic mass is 16.5. The van der Waals surface area contributed by atoms with E-state index < -0.39 is 0 Å². The zero-order chi connectivity index (χ0) is 11.5. The van der Waals surface area contributed by atoms with E-state index in [-0.39, 0.29) is 68.3 Å². The van der Waals surface area contributed by atoms with E-state index in [1.807, 2.05) is 0 Å². The van der Waals surface area contributed by atoms with Gasteiger partial charge in [0.15, 0.2) is 0 Å². The standard InChI is InChI=1S/C10H18O5.5CH4/c1-9(11)3-6-15-10(12)4-5-14-8-7-13-2;;;;;/h3-8H2,1-2H3;5*1H4. The number of methoxy groups -OCH3 is 1. The summed E-state index contributed by atoms with van der Waals surface area (Å²) in [7, 11) is 1.58. The number of ketones is 1. The molecule has 0 aliphatic heterocycles. The van der Waals surface area contributed by atoms with Crippen LogP contribution in [-0.4, -0.2) is 45.3 Å². The van der Waals surface area contributed by atoms with Gasteiger partial charge in [-0.05, 0) is 6.92 Å². The molecule has 20 heavy (non-hydrogen) atoms. The van der Waals surface area contributed by atoms with Crippen molar-refractivity contribution in [2.45, 2.75) is 56.9 Å². The maximum atomic E-state index is 11.0. The second-order valence-corrected chi connectivity index (χ2v) is 3.03. The molecule has 0 aliphatic carbocycles. The number of Topliss-reactive ketones (excluding diaryl/α,β-unsaturated/α-hetero) is 1. The van der Waals surface area contributed by atoms with Crippen molar-refractivity contribution in [3.05, 3.63) is 0 Å². The number of esters is 1. The summed E-state index contributed by atoms with van der Waals surface area (Å²) in [5.41, 5.74) is 0. The third kappa shape index (κ3) is 30.3. The van der Waals surface area contributed by atoms with Gasteiger partial charge in [-0.1, -0.05) is 37.1 Å². The predicted molar refractivity (Wildman–Crippen MR) is 87.2 cm³/mol. The molecule has 0 fully saturated rings. The molecule has 0 aromatic heterocycles. The Bertz CT molecular complexity index is 193. The summed E-state index contributed by atoms with van der Waals surface area (Å²) in [4.78, 5) is 21.5. The van der Waals surface area contributed by atoms with Gasteiger partial charge in [0.1, 0.15) is 5.78 Å². The van der Waals surface area contributed by atoms with Crippen LogP contribution in [0.15, 0.2) is 0 Å². The first-order chi connectivity index (χ1) is 7.16.